The maximum Gasteiger partial charge on any atom is 0.0622 e. The van der Waals surface area contributed by atoms with Crippen LogP contribution in [-0.2, 0) is 19.4 Å². The van der Waals surface area contributed by atoms with E-state index in [1.54, 1.807) is 0 Å². The highest BCUT2D eigenvalue weighted by atomic mass is 16.3. The van der Waals surface area contributed by atoms with Gasteiger partial charge < -0.3 is 5.11 Å². The maximum absolute atomic E-state index is 10.2. The number of hydrogen-bond acceptors (Lipinski definition) is 2. The van der Waals surface area contributed by atoms with Crippen molar-refractivity contribution < 1.29 is 5.11 Å². The van der Waals surface area contributed by atoms with E-state index in [-0.39, 0.29) is 6.10 Å². The Morgan fingerprint density at radius 2 is 1.89 bits per heavy atom. The minimum atomic E-state index is -0.350. The first kappa shape index (κ1) is 13.8. The van der Waals surface area contributed by atoms with Crippen molar-refractivity contribution in [2.45, 2.75) is 46.3 Å². The van der Waals surface area contributed by atoms with Gasteiger partial charge in [-0.25, -0.2) is 0 Å². The number of aryl methyl sites for hydroxylation is 3. The van der Waals surface area contributed by atoms with E-state index >= 15 is 0 Å². The monoisotopic (exact) mass is 258 g/mol. The van der Waals surface area contributed by atoms with E-state index in [1.807, 2.05) is 17.1 Å². The first-order valence-electron chi connectivity index (χ1n) is 6.84. The smallest absolute Gasteiger partial charge is 0.0622 e. The summed E-state index contributed by atoms with van der Waals surface area (Å²) < 4.78 is 1.89. The Hall–Kier alpha value is -1.61. The van der Waals surface area contributed by atoms with Gasteiger partial charge in [-0.05, 0) is 49.4 Å². The van der Waals surface area contributed by atoms with Crippen LogP contribution in [-0.4, -0.2) is 21.0 Å². The molecule has 102 valence electrons. The van der Waals surface area contributed by atoms with E-state index in [0.717, 1.165) is 12.1 Å². The SMILES string of the molecule is CCn1cc(CC(O)Cc2ccc(C)c(C)c2)cn1. The summed E-state index contributed by atoms with van der Waals surface area (Å²) in [7, 11) is 0. The van der Waals surface area contributed by atoms with Crippen molar-refractivity contribution in [3.63, 3.8) is 0 Å². The van der Waals surface area contributed by atoms with E-state index in [1.165, 1.54) is 16.7 Å². The topological polar surface area (TPSA) is 38.0 Å². The maximum atomic E-state index is 10.2. The molecule has 0 amide bonds. The molecule has 0 radical (unpaired) electrons. The normalized spacial score (nSPS) is 12.6. The lowest BCUT2D eigenvalue weighted by Gasteiger charge is -2.11. The van der Waals surface area contributed by atoms with Crippen molar-refractivity contribution in [1.29, 1.82) is 0 Å². The predicted octanol–water partition coefficient (Wildman–Crippen LogP) is 2.67. The zero-order chi connectivity index (χ0) is 13.8. The van der Waals surface area contributed by atoms with Crippen LogP contribution in [0.3, 0.4) is 0 Å². The number of rotatable bonds is 5. The lowest BCUT2D eigenvalue weighted by Crippen LogP contribution is -2.13. The van der Waals surface area contributed by atoms with Gasteiger partial charge in [0.1, 0.15) is 0 Å². The van der Waals surface area contributed by atoms with Crippen molar-refractivity contribution in [2.24, 2.45) is 0 Å². The van der Waals surface area contributed by atoms with Gasteiger partial charge >= 0.3 is 0 Å². The van der Waals surface area contributed by atoms with Crippen LogP contribution in [0.25, 0.3) is 0 Å². The minimum Gasteiger partial charge on any atom is -0.392 e. The average molecular weight is 258 g/mol. The molecule has 1 atom stereocenters. The van der Waals surface area contributed by atoms with Crippen LogP contribution in [0.15, 0.2) is 30.6 Å². The van der Waals surface area contributed by atoms with Crippen molar-refractivity contribution in [2.75, 3.05) is 0 Å². The molecular weight excluding hydrogens is 236 g/mol. The Bertz CT molecular complexity index is 545. The Labute approximate surface area is 114 Å². The number of hydrogen-bond donors (Lipinski definition) is 1. The van der Waals surface area contributed by atoms with Crippen LogP contribution in [0.5, 0.6) is 0 Å². The third kappa shape index (κ3) is 3.67. The van der Waals surface area contributed by atoms with E-state index < -0.39 is 0 Å². The fraction of sp³-hybridized carbons (Fsp3) is 0.438. The fourth-order valence-electron chi connectivity index (χ4n) is 2.23. The third-order valence-electron chi connectivity index (χ3n) is 3.52. The molecule has 0 spiro atoms. The van der Waals surface area contributed by atoms with Crippen LogP contribution < -0.4 is 0 Å². The van der Waals surface area contributed by atoms with Gasteiger partial charge in [-0.3, -0.25) is 4.68 Å². The molecule has 0 saturated carbocycles. The first-order chi connectivity index (χ1) is 9.08. The molecule has 3 heteroatoms. The molecule has 2 aromatic rings. The molecule has 0 aliphatic carbocycles. The summed E-state index contributed by atoms with van der Waals surface area (Å²) in [5.74, 6) is 0. The molecule has 2 rings (SSSR count). The Morgan fingerprint density at radius 3 is 2.53 bits per heavy atom. The number of aliphatic hydroxyl groups excluding tert-OH is 1. The molecule has 0 aliphatic heterocycles. The number of benzene rings is 1. The molecule has 3 nitrogen and oxygen atoms in total. The van der Waals surface area contributed by atoms with Gasteiger partial charge in [0.15, 0.2) is 0 Å². The molecule has 0 bridgehead atoms. The molecule has 1 aromatic heterocycles. The standard InChI is InChI=1S/C16H22N2O/c1-4-18-11-15(10-17-18)9-16(19)8-14-6-5-12(2)13(3)7-14/h5-7,10-11,16,19H,4,8-9H2,1-3H3. The Balaban J connectivity index is 1.96. The van der Waals surface area contributed by atoms with Gasteiger partial charge in [0.05, 0.1) is 12.3 Å². The highest BCUT2D eigenvalue weighted by Gasteiger charge is 2.09. The Morgan fingerprint density at radius 1 is 1.16 bits per heavy atom. The molecule has 1 unspecified atom stereocenters. The van der Waals surface area contributed by atoms with Gasteiger partial charge in [0.25, 0.3) is 0 Å². The highest BCUT2D eigenvalue weighted by molar-refractivity contribution is 5.30. The lowest BCUT2D eigenvalue weighted by atomic mass is 9.99. The van der Waals surface area contributed by atoms with E-state index in [0.29, 0.717) is 12.8 Å². The van der Waals surface area contributed by atoms with E-state index in [9.17, 15) is 5.11 Å². The van der Waals surface area contributed by atoms with Gasteiger partial charge in [0.2, 0.25) is 0 Å². The van der Waals surface area contributed by atoms with E-state index in [2.05, 4.69) is 44.1 Å². The van der Waals surface area contributed by atoms with Crippen LogP contribution in [0, 0.1) is 13.8 Å². The second-order valence-electron chi connectivity index (χ2n) is 5.18. The fourth-order valence-corrected chi connectivity index (χ4v) is 2.23. The van der Waals surface area contributed by atoms with Crippen molar-refractivity contribution in [3.05, 3.63) is 52.8 Å². The quantitative estimate of drug-likeness (QED) is 0.895. The number of aromatic nitrogens is 2. The largest absolute Gasteiger partial charge is 0.392 e. The summed E-state index contributed by atoms with van der Waals surface area (Å²) in [6, 6.07) is 6.38. The number of nitrogens with zero attached hydrogens (tertiary/aromatic N) is 2. The summed E-state index contributed by atoms with van der Waals surface area (Å²) in [4.78, 5) is 0. The average Bonchev–Trinajstić information content (AvgIpc) is 2.81. The zero-order valence-corrected chi connectivity index (χ0v) is 11.9. The van der Waals surface area contributed by atoms with Gasteiger partial charge in [0, 0.05) is 19.2 Å². The van der Waals surface area contributed by atoms with Crippen LogP contribution in [0.1, 0.15) is 29.2 Å². The van der Waals surface area contributed by atoms with Gasteiger partial charge in [-0.2, -0.15) is 5.10 Å². The predicted molar refractivity (Wildman–Crippen MR) is 77.2 cm³/mol. The van der Waals surface area contributed by atoms with Crippen LogP contribution >= 0.6 is 0 Å². The molecule has 0 aliphatic rings. The van der Waals surface area contributed by atoms with Crippen LogP contribution in [0.4, 0.5) is 0 Å². The minimum absolute atomic E-state index is 0.350. The van der Waals surface area contributed by atoms with Crippen molar-refractivity contribution >= 4 is 0 Å². The molecule has 0 saturated heterocycles. The Kier molecular flexibility index (Phi) is 4.38. The van der Waals surface area contributed by atoms with Crippen molar-refractivity contribution in [1.82, 2.24) is 9.78 Å². The molecule has 19 heavy (non-hydrogen) atoms. The summed E-state index contributed by atoms with van der Waals surface area (Å²) >= 11 is 0. The number of aliphatic hydroxyl groups is 1. The molecule has 1 heterocycles. The highest BCUT2D eigenvalue weighted by Crippen LogP contribution is 2.13. The summed E-state index contributed by atoms with van der Waals surface area (Å²) in [6.07, 6.45) is 4.85. The second-order valence-corrected chi connectivity index (χ2v) is 5.18. The lowest BCUT2D eigenvalue weighted by molar-refractivity contribution is 0.175. The molecule has 1 N–H and O–H groups in total. The zero-order valence-electron chi connectivity index (χ0n) is 11.9. The molecule has 0 fully saturated rings. The summed E-state index contributed by atoms with van der Waals surface area (Å²) in [5, 5.41) is 14.4. The van der Waals surface area contributed by atoms with Crippen LogP contribution in [0.2, 0.25) is 0 Å². The third-order valence-corrected chi connectivity index (χ3v) is 3.52. The van der Waals surface area contributed by atoms with Gasteiger partial charge in [-0.15, -0.1) is 0 Å². The van der Waals surface area contributed by atoms with Crippen molar-refractivity contribution in [3.8, 4) is 0 Å². The summed E-state index contributed by atoms with van der Waals surface area (Å²) in [5.41, 5.74) is 4.86. The molecule has 1 aromatic carbocycles. The van der Waals surface area contributed by atoms with Gasteiger partial charge in [-0.1, -0.05) is 18.2 Å². The molecular formula is C16H22N2O. The first-order valence-corrected chi connectivity index (χ1v) is 6.84. The van der Waals surface area contributed by atoms with E-state index in [4.69, 9.17) is 0 Å². The second kappa shape index (κ2) is 6.02. The summed E-state index contributed by atoms with van der Waals surface area (Å²) in [6.45, 7) is 7.14.